The van der Waals surface area contributed by atoms with Crippen molar-refractivity contribution in [1.82, 2.24) is 29.8 Å². The molecule has 0 unspecified atom stereocenters. The Morgan fingerprint density at radius 3 is 2.37 bits per heavy atom. The average molecular weight is 371 g/mol. The van der Waals surface area contributed by atoms with E-state index in [-0.39, 0.29) is 5.95 Å². The van der Waals surface area contributed by atoms with Gasteiger partial charge in [-0.25, -0.2) is 9.97 Å². The minimum atomic E-state index is 0.264. The normalized spacial score (nSPS) is 15.4. The molecule has 1 fully saturated rings. The van der Waals surface area contributed by atoms with Crippen molar-refractivity contribution in [2.45, 2.75) is 33.2 Å². The molecule has 9 heteroatoms. The van der Waals surface area contributed by atoms with Gasteiger partial charge in [0.05, 0.1) is 6.54 Å². The molecule has 146 valence electrons. The Bertz CT molecular complexity index is 782. The van der Waals surface area contributed by atoms with Gasteiger partial charge < -0.3 is 15.5 Å². The second-order valence-corrected chi connectivity index (χ2v) is 7.45. The van der Waals surface area contributed by atoms with E-state index in [2.05, 4.69) is 49.6 Å². The highest BCUT2D eigenvalue weighted by Gasteiger charge is 2.21. The van der Waals surface area contributed by atoms with Gasteiger partial charge in [-0.2, -0.15) is 15.0 Å². The lowest BCUT2D eigenvalue weighted by molar-refractivity contribution is 0.243. The maximum Gasteiger partial charge on any atom is 0.229 e. The average Bonchev–Trinajstić information content (AvgIpc) is 2.61. The predicted octanol–water partition coefficient (Wildman–Crippen LogP) is 1.06. The quantitative estimate of drug-likeness (QED) is 0.827. The zero-order valence-corrected chi connectivity index (χ0v) is 16.8. The molecule has 0 aliphatic carbocycles. The zero-order valence-electron chi connectivity index (χ0n) is 16.8. The minimum absolute atomic E-state index is 0.264. The molecular formula is C18H29N9. The highest BCUT2D eigenvalue weighted by molar-refractivity contribution is 5.40. The number of nitrogen functional groups attached to an aromatic ring is 1. The Morgan fingerprint density at radius 1 is 1.04 bits per heavy atom. The van der Waals surface area contributed by atoms with Crippen molar-refractivity contribution in [3.05, 3.63) is 23.4 Å². The summed E-state index contributed by atoms with van der Waals surface area (Å²) in [5, 5.41) is 0. The standard InChI is InChI=1S/C18H29N9/c1-12(2)16-20-13(3)10-15(23-16)27-8-6-26(7-9-27)11-14-21-17(19)24-18(22-14)25(4)5/h10,12H,6-9,11H2,1-5H3,(H2,19,21,22,24). The van der Waals surface area contributed by atoms with Crippen LogP contribution in [0.1, 0.15) is 37.1 Å². The van der Waals surface area contributed by atoms with E-state index in [0.717, 1.165) is 43.5 Å². The summed E-state index contributed by atoms with van der Waals surface area (Å²) < 4.78 is 0. The highest BCUT2D eigenvalue weighted by atomic mass is 15.3. The highest BCUT2D eigenvalue weighted by Crippen LogP contribution is 2.19. The molecule has 9 nitrogen and oxygen atoms in total. The summed E-state index contributed by atoms with van der Waals surface area (Å²) in [6.07, 6.45) is 0. The number of piperazine rings is 1. The van der Waals surface area contributed by atoms with E-state index in [4.69, 9.17) is 10.7 Å². The van der Waals surface area contributed by atoms with Gasteiger partial charge in [0, 0.05) is 58.0 Å². The molecular weight excluding hydrogens is 342 g/mol. The molecule has 2 N–H and O–H groups in total. The summed E-state index contributed by atoms with van der Waals surface area (Å²) in [6.45, 7) is 10.6. The third kappa shape index (κ3) is 4.79. The van der Waals surface area contributed by atoms with Gasteiger partial charge in [0.2, 0.25) is 11.9 Å². The first-order valence-corrected chi connectivity index (χ1v) is 9.32. The summed E-state index contributed by atoms with van der Waals surface area (Å²) >= 11 is 0. The van der Waals surface area contributed by atoms with Crippen LogP contribution in [0.2, 0.25) is 0 Å². The maximum absolute atomic E-state index is 5.82. The van der Waals surface area contributed by atoms with E-state index in [1.807, 2.05) is 25.9 Å². The Morgan fingerprint density at radius 2 is 1.74 bits per heavy atom. The molecule has 0 saturated carbocycles. The largest absolute Gasteiger partial charge is 0.368 e. The lowest BCUT2D eigenvalue weighted by Gasteiger charge is -2.35. The molecule has 0 spiro atoms. The Kier molecular flexibility index (Phi) is 5.69. The predicted molar refractivity (Wildman–Crippen MR) is 107 cm³/mol. The molecule has 0 atom stereocenters. The van der Waals surface area contributed by atoms with Gasteiger partial charge in [-0.05, 0) is 6.92 Å². The topological polar surface area (TPSA) is 100 Å². The van der Waals surface area contributed by atoms with Crippen LogP contribution in [0.25, 0.3) is 0 Å². The monoisotopic (exact) mass is 371 g/mol. The van der Waals surface area contributed by atoms with Crippen LogP contribution in [0, 0.1) is 6.92 Å². The van der Waals surface area contributed by atoms with Crippen LogP contribution in [-0.4, -0.2) is 70.1 Å². The number of hydrogen-bond donors (Lipinski definition) is 1. The lowest BCUT2D eigenvalue weighted by atomic mass is 10.2. The molecule has 0 radical (unpaired) electrons. The van der Waals surface area contributed by atoms with Gasteiger partial charge in [-0.3, -0.25) is 4.90 Å². The molecule has 3 heterocycles. The van der Waals surface area contributed by atoms with E-state index in [9.17, 15) is 0 Å². The fourth-order valence-electron chi connectivity index (χ4n) is 3.03. The van der Waals surface area contributed by atoms with E-state index < -0.39 is 0 Å². The van der Waals surface area contributed by atoms with Gasteiger partial charge in [0.1, 0.15) is 17.5 Å². The summed E-state index contributed by atoms with van der Waals surface area (Å²) in [5.74, 6) is 3.81. The molecule has 0 aromatic carbocycles. The molecule has 0 amide bonds. The number of nitrogens with two attached hydrogens (primary N) is 1. The van der Waals surface area contributed by atoms with Crippen molar-refractivity contribution in [2.24, 2.45) is 0 Å². The van der Waals surface area contributed by atoms with Gasteiger partial charge >= 0.3 is 0 Å². The maximum atomic E-state index is 5.82. The van der Waals surface area contributed by atoms with Crippen LogP contribution in [0.4, 0.5) is 17.7 Å². The van der Waals surface area contributed by atoms with Crippen LogP contribution < -0.4 is 15.5 Å². The van der Waals surface area contributed by atoms with Gasteiger partial charge in [-0.1, -0.05) is 13.8 Å². The summed E-state index contributed by atoms with van der Waals surface area (Å²) in [4.78, 5) is 28.7. The van der Waals surface area contributed by atoms with Crippen molar-refractivity contribution < 1.29 is 0 Å². The summed E-state index contributed by atoms with van der Waals surface area (Å²) in [6, 6.07) is 2.07. The van der Waals surface area contributed by atoms with Crippen LogP contribution in [0.15, 0.2) is 6.07 Å². The van der Waals surface area contributed by atoms with Crippen molar-refractivity contribution in [3.63, 3.8) is 0 Å². The van der Waals surface area contributed by atoms with Gasteiger partial charge in [0.15, 0.2) is 0 Å². The number of hydrogen-bond acceptors (Lipinski definition) is 9. The van der Waals surface area contributed by atoms with E-state index >= 15 is 0 Å². The summed E-state index contributed by atoms with van der Waals surface area (Å²) in [5.41, 5.74) is 6.84. The first-order valence-electron chi connectivity index (χ1n) is 9.32. The third-order valence-corrected chi connectivity index (χ3v) is 4.52. The summed E-state index contributed by atoms with van der Waals surface area (Å²) in [7, 11) is 3.79. The molecule has 1 aliphatic heterocycles. The van der Waals surface area contributed by atoms with Crippen LogP contribution in [-0.2, 0) is 6.54 Å². The Balaban J connectivity index is 1.64. The van der Waals surface area contributed by atoms with Crippen LogP contribution in [0.3, 0.4) is 0 Å². The van der Waals surface area contributed by atoms with Crippen molar-refractivity contribution in [2.75, 3.05) is 55.8 Å². The van der Waals surface area contributed by atoms with E-state index in [1.165, 1.54) is 0 Å². The molecule has 2 aromatic heterocycles. The molecule has 1 aliphatic rings. The molecule has 3 rings (SSSR count). The Hall–Kier alpha value is -2.55. The van der Waals surface area contributed by atoms with Gasteiger partial charge in [-0.15, -0.1) is 0 Å². The van der Waals surface area contributed by atoms with Crippen LogP contribution >= 0.6 is 0 Å². The fourth-order valence-corrected chi connectivity index (χ4v) is 3.03. The smallest absolute Gasteiger partial charge is 0.229 e. The molecule has 2 aromatic rings. The Labute approximate surface area is 160 Å². The SMILES string of the molecule is Cc1cc(N2CCN(Cc3nc(N)nc(N(C)C)n3)CC2)nc(C(C)C)n1. The number of nitrogens with zero attached hydrogens (tertiary/aromatic N) is 8. The van der Waals surface area contributed by atoms with Gasteiger partial charge in [0.25, 0.3) is 0 Å². The molecule has 27 heavy (non-hydrogen) atoms. The minimum Gasteiger partial charge on any atom is -0.368 e. The lowest BCUT2D eigenvalue weighted by Crippen LogP contribution is -2.46. The van der Waals surface area contributed by atoms with Crippen LogP contribution in [0.5, 0.6) is 0 Å². The fraction of sp³-hybridized carbons (Fsp3) is 0.611. The second-order valence-electron chi connectivity index (χ2n) is 7.45. The zero-order chi connectivity index (χ0) is 19.6. The van der Waals surface area contributed by atoms with Crippen molar-refractivity contribution in [1.29, 1.82) is 0 Å². The van der Waals surface area contributed by atoms with Crippen molar-refractivity contribution in [3.8, 4) is 0 Å². The number of aromatic nitrogens is 5. The number of anilines is 3. The molecule has 1 saturated heterocycles. The number of aryl methyl sites for hydroxylation is 1. The van der Waals surface area contributed by atoms with E-state index in [1.54, 1.807) is 0 Å². The third-order valence-electron chi connectivity index (χ3n) is 4.52. The van der Waals surface area contributed by atoms with E-state index in [0.29, 0.717) is 24.2 Å². The van der Waals surface area contributed by atoms with Crippen molar-refractivity contribution >= 4 is 17.7 Å². The first-order chi connectivity index (χ1) is 12.8. The first kappa shape index (κ1) is 19.2. The molecule has 0 bridgehead atoms. The second kappa shape index (κ2) is 7.99. The number of rotatable bonds is 5.